The summed E-state index contributed by atoms with van der Waals surface area (Å²) in [5, 5.41) is 3.12. The molecule has 0 fully saturated rings. The Balaban J connectivity index is 2.18. The molecule has 0 radical (unpaired) electrons. The lowest BCUT2D eigenvalue weighted by molar-refractivity contribution is -0.124. The first-order valence-electron chi connectivity index (χ1n) is 6.98. The molecule has 23 heavy (non-hydrogen) atoms. The standard InChI is InChI=1S/C16H16BrClN2O3/c1-9(2)14(23-12-5-3-4-11(18)7-12)16(22)20-13-6-10(17)8-19-15(13)21/h3-9,14H,1-2H3,(H,19,21)(H,20,22)/t14-/m0/s1. The van der Waals surface area contributed by atoms with Gasteiger partial charge >= 0.3 is 0 Å². The molecule has 0 aliphatic rings. The lowest BCUT2D eigenvalue weighted by Crippen LogP contribution is -2.38. The van der Waals surface area contributed by atoms with Gasteiger partial charge in [0.2, 0.25) is 0 Å². The summed E-state index contributed by atoms with van der Waals surface area (Å²) in [6.45, 7) is 3.72. The van der Waals surface area contributed by atoms with Crippen LogP contribution in [0.5, 0.6) is 5.75 Å². The molecule has 1 atom stereocenters. The lowest BCUT2D eigenvalue weighted by Gasteiger charge is -2.21. The first-order valence-corrected chi connectivity index (χ1v) is 8.15. The van der Waals surface area contributed by atoms with E-state index in [9.17, 15) is 9.59 Å². The zero-order valence-corrected chi connectivity index (χ0v) is 14.9. The second-order valence-corrected chi connectivity index (χ2v) is 6.64. The number of aromatic nitrogens is 1. The minimum atomic E-state index is -0.758. The van der Waals surface area contributed by atoms with Crippen LogP contribution in [-0.4, -0.2) is 17.0 Å². The SMILES string of the molecule is CC(C)[C@H](Oc1cccc(Cl)c1)C(=O)Nc1cc(Br)c[nH]c1=O. The van der Waals surface area contributed by atoms with E-state index in [4.69, 9.17) is 16.3 Å². The van der Waals surface area contributed by atoms with Crippen molar-refractivity contribution < 1.29 is 9.53 Å². The molecule has 122 valence electrons. The van der Waals surface area contributed by atoms with E-state index in [0.717, 1.165) is 0 Å². The number of aromatic amines is 1. The van der Waals surface area contributed by atoms with Gasteiger partial charge in [0.1, 0.15) is 11.4 Å². The van der Waals surface area contributed by atoms with Gasteiger partial charge < -0.3 is 15.0 Å². The number of carbonyl (C=O) groups excluding carboxylic acids is 1. The van der Waals surface area contributed by atoms with Gasteiger partial charge in [0, 0.05) is 15.7 Å². The van der Waals surface area contributed by atoms with Crippen molar-refractivity contribution >= 4 is 39.1 Å². The highest BCUT2D eigenvalue weighted by molar-refractivity contribution is 9.10. The number of hydrogen-bond donors (Lipinski definition) is 2. The first-order chi connectivity index (χ1) is 10.9. The second kappa shape index (κ2) is 7.66. The van der Waals surface area contributed by atoms with E-state index in [-0.39, 0.29) is 17.2 Å². The Hall–Kier alpha value is -1.79. The quantitative estimate of drug-likeness (QED) is 0.802. The molecule has 2 aromatic rings. The van der Waals surface area contributed by atoms with Gasteiger partial charge in [0.15, 0.2) is 6.10 Å². The summed E-state index contributed by atoms with van der Waals surface area (Å²) >= 11 is 9.17. The Bertz CT molecular complexity index is 761. The fraction of sp³-hybridized carbons (Fsp3) is 0.250. The Morgan fingerprint density at radius 1 is 1.35 bits per heavy atom. The Morgan fingerprint density at radius 3 is 2.74 bits per heavy atom. The minimum Gasteiger partial charge on any atom is -0.480 e. The van der Waals surface area contributed by atoms with Gasteiger partial charge in [-0.1, -0.05) is 31.5 Å². The number of amides is 1. The van der Waals surface area contributed by atoms with Gasteiger partial charge in [-0.25, -0.2) is 0 Å². The van der Waals surface area contributed by atoms with E-state index >= 15 is 0 Å². The molecule has 1 aromatic heterocycles. The average Bonchev–Trinajstić information content (AvgIpc) is 2.48. The average molecular weight is 400 g/mol. The van der Waals surface area contributed by atoms with E-state index in [2.05, 4.69) is 26.2 Å². The molecule has 0 aliphatic carbocycles. The second-order valence-electron chi connectivity index (χ2n) is 5.29. The van der Waals surface area contributed by atoms with E-state index in [1.165, 1.54) is 12.3 Å². The number of ether oxygens (including phenoxy) is 1. The van der Waals surface area contributed by atoms with E-state index in [1.54, 1.807) is 24.3 Å². The van der Waals surface area contributed by atoms with Gasteiger partial charge in [-0.15, -0.1) is 0 Å². The van der Waals surface area contributed by atoms with Crippen molar-refractivity contribution in [2.24, 2.45) is 5.92 Å². The number of benzene rings is 1. The highest BCUT2D eigenvalue weighted by atomic mass is 79.9. The molecule has 0 spiro atoms. The highest BCUT2D eigenvalue weighted by Crippen LogP contribution is 2.21. The van der Waals surface area contributed by atoms with Gasteiger partial charge in [0.05, 0.1) is 0 Å². The van der Waals surface area contributed by atoms with Crippen LogP contribution in [0, 0.1) is 5.92 Å². The van der Waals surface area contributed by atoms with Crippen molar-refractivity contribution in [3.63, 3.8) is 0 Å². The van der Waals surface area contributed by atoms with E-state index in [1.807, 2.05) is 13.8 Å². The van der Waals surface area contributed by atoms with Crippen molar-refractivity contribution in [3.8, 4) is 5.75 Å². The molecule has 5 nitrogen and oxygen atoms in total. The number of nitrogens with one attached hydrogen (secondary N) is 2. The maximum absolute atomic E-state index is 12.5. The molecule has 1 aromatic carbocycles. The Morgan fingerprint density at radius 2 is 2.09 bits per heavy atom. The van der Waals surface area contributed by atoms with Crippen LogP contribution in [0.3, 0.4) is 0 Å². The van der Waals surface area contributed by atoms with Crippen LogP contribution in [0.15, 0.2) is 45.8 Å². The van der Waals surface area contributed by atoms with Gasteiger partial charge in [0.25, 0.3) is 11.5 Å². The third kappa shape index (κ3) is 4.84. The Labute approximate surface area is 147 Å². The first kappa shape index (κ1) is 17.6. The summed E-state index contributed by atoms with van der Waals surface area (Å²) in [6, 6.07) is 8.36. The van der Waals surface area contributed by atoms with Crippen LogP contribution in [0.4, 0.5) is 5.69 Å². The molecule has 0 saturated heterocycles. The van der Waals surface area contributed by atoms with Gasteiger partial charge in [-0.2, -0.15) is 0 Å². The summed E-state index contributed by atoms with van der Waals surface area (Å²) in [4.78, 5) is 26.7. The number of H-pyrrole nitrogens is 1. The fourth-order valence-electron chi connectivity index (χ4n) is 1.93. The summed E-state index contributed by atoms with van der Waals surface area (Å²) in [7, 11) is 0. The van der Waals surface area contributed by atoms with Crippen LogP contribution in [0.2, 0.25) is 5.02 Å². The number of carbonyl (C=O) groups is 1. The van der Waals surface area contributed by atoms with Crippen molar-refractivity contribution in [1.82, 2.24) is 4.98 Å². The minimum absolute atomic E-state index is 0.0970. The summed E-state index contributed by atoms with van der Waals surface area (Å²) in [5.74, 6) is -0.00158. The molecule has 0 unspecified atom stereocenters. The number of pyridine rings is 1. The Kier molecular flexibility index (Phi) is 5.85. The highest BCUT2D eigenvalue weighted by Gasteiger charge is 2.25. The van der Waals surface area contributed by atoms with E-state index in [0.29, 0.717) is 15.2 Å². The molecule has 0 bridgehead atoms. The number of anilines is 1. The molecular weight excluding hydrogens is 384 g/mol. The molecule has 0 saturated carbocycles. The third-order valence-corrected chi connectivity index (χ3v) is 3.74. The van der Waals surface area contributed by atoms with Crippen LogP contribution >= 0.6 is 27.5 Å². The molecule has 1 heterocycles. The largest absolute Gasteiger partial charge is 0.480 e. The van der Waals surface area contributed by atoms with Crippen molar-refractivity contribution in [2.45, 2.75) is 20.0 Å². The molecule has 0 aliphatic heterocycles. The predicted molar refractivity (Wildman–Crippen MR) is 94.1 cm³/mol. The van der Waals surface area contributed by atoms with Gasteiger partial charge in [-0.05, 0) is 46.1 Å². The topological polar surface area (TPSA) is 71.2 Å². The smallest absolute Gasteiger partial charge is 0.271 e. The number of halogens is 2. The fourth-order valence-corrected chi connectivity index (χ4v) is 2.46. The zero-order valence-electron chi connectivity index (χ0n) is 12.6. The van der Waals surface area contributed by atoms with Gasteiger partial charge in [-0.3, -0.25) is 9.59 Å². The summed E-state index contributed by atoms with van der Waals surface area (Å²) in [5.41, 5.74) is -0.225. The van der Waals surface area contributed by atoms with Crippen LogP contribution in [0.25, 0.3) is 0 Å². The third-order valence-electron chi connectivity index (χ3n) is 3.05. The predicted octanol–water partition coefficient (Wildman–Crippen LogP) is 3.83. The maximum Gasteiger partial charge on any atom is 0.271 e. The molecule has 1 amide bonds. The van der Waals surface area contributed by atoms with Crippen LogP contribution in [-0.2, 0) is 4.79 Å². The molecule has 7 heteroatoms. The molecule has 2 rings (SSSR count). The zero-order chi connectivity index (χ0) is 17.0. The van der Waals surface area contributed by atoms with E-state index < -0.39 is 12.0 Å². The van der Waals surface area contributed by atoms with Crippen molar-refractivity contribution in [1.29, 1.82) is 0 Å². The van der Waals surface area contributed by atoms with Crippen LogP contribution in [0.1, 0.15) is 13.8 Å². The number of rotatable bonds is 5. The lowest BCUT2D eigenvalue weighted by atomic mass is 10.1. The van der Waals surface area contributed by atoms with Crippen molar-refractivity contribution in [3.05, 3.63) is 56.4 Å². The number of hydrogen-bond acceptors (Lipinski definition) is 3. The molecular formula is C16H16BrClN2O3. The van der Waals surface area contributed by atoms with Crippen LogP contribution < -0.4 is 15.6 Å². The molecule has 2 N–H and O–H groups in total. The van der Waals surface area contributed by atoms with Crippen molar-refractivity contribution in [2.75, 3.05) is 5.32 Å². The maximum atomic E-state index is 12.5. The summed E-state index contributed by atoms with van der Waals surface area (Å²) in [6.07, 6.45) is 0.743. The monoisotopic (exact) mass is 398 g/mol. The summed E-state index contributed by atoms with van der Waals surface area (Å²) < 4.78 is 6.40. The normalized spacial score (nSPS) is 12.0.